The Morgan fingerprint density at radius 3 is 2.68 bits per heavy atom. The van der Waals surface area contributed by atoms with Gasteiger partial charge in [0.15, 0.2) is 0 Å². The van der Waals surface area contributed by atoms with Crippen molar-refractivity contribution in [2.75, 3.05) is 19.6 Å². The second-order valence-electron chi connectivity index (χ2n) is 6.90. The molecule has 0 aromatic heterocycles. The maximum Gasteiger partial charge on any atom is 0.410 e. The molecule has 122 valence electrons. The van der Waals surface area contributed by atoms with E-state index >= 15 is 0 Å². The number of likely N-dealkylation sites (tertiary alicyclic amines) is 1. The molecule has 22 heavy (non-hydrogen) atoms. The van der Waals surface area contributed by atoms with Gasteiger partial charge in [0.2, 0.25) is 0 Å². The number of azide groups is 1. The van der Waals surface area contributed by atoms with Gasteiger partial charge in [-0.1, -0.05) is 5.11 Å². The van der Waals surface area contributed by atoms with Crippen LogP contribution >= 0.6 is 0 Å². The summed E-state index contributed by atoms with van der Waals surface area (Å²) in [4.78, 5) is 28.1. The van der Waals surface area contributed by atoms with Gasteiger partial charge in [0.25, 0.3) is 0 Å². The molecule has 1 amide bonds. The molecule has 2 rings (SSSR count). The van der Waals surface area contributed by atoms with Gasteiger partial charge in [0, 0.05) is 23.4 Å². The number of piperidine rings is 1. The van der Waals surface area contributed by atoms with Crippen LogP contribution in [0, 0.1) is 5.41 Å². The van der Waals surface area contributed by atoms with Crippen LogP contribution in [0.1, 0.15) is 40.0 Å². The van der Waals surface area contributed by atoms with Crippen molar-refractivity contribution in [2.45, 2.75) is 51.7 Å². The Kier molecular flexibility index (Phi) is 4.51. The number of cyclic esters (lactones) is 1. The zero-order valence-corrected chi connectivity index (χ0v) is 13.2. The summed E-state index contributed by atoms with van der Waals surface area (Å²) in [6.07, 6.45) is 0.879. The third kappa shape index (κ3) is 3.62. The van der Waals surface area contributed by atoms with Gasteiger partial charge in [-0.3, -0.25) is 4.79 Å². The van der Waals surface area contributed by atoms with Gasteiger partial charge in [-0.05, 0) is 39.1 Å². The lowest BCUT2D eigenvalue weighted by Crippen LogP contribution is -2.48. The molecule has 2 saturated heterocycles. The van der Waals surface area contributed by atoms with Gasteiger partial charge < -0.3 is 14.4 Å². The molecule has 2 aliphatic heterocycles. The largest absolute Gasteiger partial charge is 0.462 e. The molecular weight excluding hydrogens is 288 g/mol. The van der Waals surface area contributed by atoms with Crippen LogP contribution in [0.4, 0.5) is 4.79 Å². The number of esters is 1. The quantitative estimate of drug-likeness (QED) is 0.338. The molecule has 2 heterocycles. The number of ether oxygens (including phenoxy) is 2. The molecule has 8 nitrogen and oxygen atoms in total. The van der Waals surface area contributed by atoms with E-state index in [1.807, 2.05) is 20.8 Å². The highest BCUT2D eigenvalue weighted by molar-refractivity contribution is 5.73. The van der Waals surface area contributed by atoms with E-state index < -0.39 is 11.7 Å². The Hall–Kier alpha value is -1.95. The number of nitrogens with zero attached hydrogens (tertiary/aromatic N) is 4. The van der Waals surface area contributed by atoms with Crippen LogP contribution < -0.4 is 0 Å². The topological polar surface area (TPSA) is 105 Å². The number of rotatable bonds is 2. The summed E-state index contributed by atoms with van der Waals surface area (Å²) in [7, 11) is 0. The smallest absolute Gasteiger partial charge is 0.410 e. The predicted molar refractivity (Wildman–Crippen MR) is 78.0 cm³/mol. The van der Waals surface area contributed by atoms with Gasteiger partial charge in [0.1, 0.15) is 11.7 Å². The normalized spacial score (nSPS) is 23.9. The molecule has 1 unspecified atom stereocenters. The number of amides is 1. The Morgan fingerprint density at radius 1 is 1.50 bits per heavy atom. The average molecular weight is 310 g/mol. The fourth-order valence-corrected chi connectivity index (χ4v) is 3.03. The molecule has 0 saturated carbocycles. The summed E-state index contributed by atoms with van der Waals surface area (Å²) in [5, 5.41) is 3.54. The molecule has 0 N–H and O–H groups in total. The van der Waals surface area contributed by atoms with Crippen molar-refractivity contribution in [3.05, 3.63) is 10.4 Å². The highest BCUT2D eigenvalue weighted by atomic mass is 16.6. The van der Waals surface area contributed by atoms with Crippen LogP contribution in [-0.2, 0) is 14.3 Å². The van der Waals surface area contributed by atoms with Gasteiger partial charge >= 0.3 is 12.1 Å². The molecular formula is C14H22N4O4. The van der Waals surface area contributed by atoms with E-state index in [4.69, 9.17) is 15.0 Å². The highest BCUT2D eigenvalue weighted by Gasteiger charge is 2.50. The van der Waals surface area contributed by atoms with Crippen molar-refractivity contribution in [3.63, 3.8) is 0 Å². The van der Waals surface area contributed by atoms with E-state index in [1.165, 1.54) is 0 Å². The van der Waals surface area contributed by atoms with Crippen LogP contribution in [0.25, 0.3) is 10.4 Å². The number of hydrogen-bond donors (Lipinski definition) is 0. The minimum Gasteiger partial charge on any atom is -0.462 e. The molecule has 0 aromatic rings. The molecule has 0 radical (unpaired) electrons. The summed E-state index contributed by atoms with van der Waals surface area (Å²) < 4.78 is 10.7. The van der Waals surface area contributed by atoms with Crippen molar-refractivity contribution in [1.82, 2.24) is 4.90 Å². The van der Waals surface area contributed by atoms with E-state index in [0.29, 0.717) is 32.4 Å². The number of carbonyl (C=O) groups excluding carboxylic acids is 2. The summed E-state index contributed by atoms with van der Waals surface area (Å²) in [5.41, 5.74) is 7.60. The van der Waals surface area contributed by atoms with Crippen LogP contribution in [0.5, 0.6) is 0 Å². The second kappa shape index (κ2) is 6.04. The predicted octanol–water partition coefficient (Wildman–Crippen LogP) is 2.63. The molecule has 0 bridgehead atoms. The van der Waals surface area contributed by atoms with E-state index in [-0.39, 0.29) is 24.0 Å². The van der Waals surface area contributed by atoms with E-state index in [2.05, 4.69) is 10.0 Å². The third-order valence-corrected chi connectivity index (χ3v) is 4.17. The zero-order valence-electron chi connectivity index (χ0n) is 13.2. The fraction of sp³-hybridized carbons (Fsp3) is 0.857. The SMILES string of the molecule is CC(C)(C)OC(=O)N1CCC2(CC1)CC(=O)OC2CN=[N+]=[N-]. The van der Waals surface area contributed by atoms with Crippen molar-refractivity contribution >= 4 is 12.1 Å². The van der Waals surface area contributed by atoms with E-state index in [1.54, 1.807) is 4.90 Å². The third-order valence-electron chi connectivity index (χ3n) is 4.17. The molecule has 8 heteroatoms. The van der Waals surface area contributed by atoms with Crippen molar-refractivity contribution in [1.29, 1.82) is 0 Å². The Morgan fingerprint density at radius 2 is 2.14 bits per heavy atom. The Balaban J connectivity index is 1.99. The maximum atomic E-state index is 12.1. The maximum absolute atomic E-state index is 12.1. The van der Waals surface area contributed by atoms with E-state index in [9.17, 15) is 9.59 Å². The summed E-state index contributed by atoms with van der Waals surface area (Å²) in [6, 6.07) is 0. The minimum absolute atomic E-state index is 0.147. The van der Waals surface area contributed by atoms with Crippen molar-refractivity contribution in [2.24, 2.45) is 10.5 Å². The summed E-state index contributed by atoms with van der Waals surface area (Å²) in [5.74, 6) is -0.260. The lowest BCUT2D eigenvalue weighted by Gasteiger charge is -2.40. The zero-order chi connectivity index (χ0) is 16.4. The number of carbonyl (C=O) groups is 2. The first-order valence-corrected chi connectivity index (χ1v) is 7.44. The summed E-state index contributed by atoms with van der Waals surface area (Å²) in [6.45, 7) is 6.66. The molecule has 1 atom stereocenters. The molecule has 1 spiro atoms. The van der Waals surface area contributed by atoms with Crippen molar-refractivity contribution in [3.8, 4) is 0 Å². The van der Waals surface area contributed by atoms with Gasteiger partial charge in [-0.2, -0.15) is 0 Å². The molecule has 2 fully saturated rings. The number of hydrogen-bond acceptors (Lipinski definition) is 5. The van der Waals surface area contributed by atoms with Crippen LogP contribution in [0.2, 0.25) is 0 Å². The monoisotopic (exact) mass is 310 g/mol. The Bertz CT molecular complexity index is 499. The standard InChI is InChI=1S/C14H22N4O4/c1-13(2,3)22-12(20)18-6-4-14(5-7-18)8-11(19)21-10(14)9-16-17-15/h10H,4-9H2,1-3H3. The summed E-state index contributed by atoms with van der Waals surface area (Å²) >= 11 is 0. The minimum atomic E-state index is -0.525. The first-order chi connectivity index (χ1) is 10.3. The second-order valence-corrected chi connectivity index (χ2v) is 6.90. The molecule has 0 aromatic carbocycles. The first-order valence-electron chi connectivity index (χ1n) is 7.44. The lowest BCUT2D eigenvalue weighted by molar-refractivity contribution is -0.141. The van der Waals surface area contributed by atoms with E-state index in [0.717, 1.165) is 0 Å². The molecule has 2 aliphatic rings. The first kappa shape index (κ1) is 16.4. The van der Waals surface area contributed by atoms with Crippen LogP contribution in [0.3, 0.4) is 0 Å². The Labute approximate surface area is 129 Å². The van der Waals surface area contributed by atoms with Gasteiger partial charge in [-0.15, -0.1) is 0 Å². The van der Waals surface area contributed by atoms with Crippen LogP contribution in [-0.4, -0.2) is 48.3 Å². The molecule has 0 aliphatic carbocycles. The lowest BCUT2D eigenvalue weighted by atomic mass is 9.73. The van der Waals surface area contributed by atoms with Gasteiger partial charge in [0.05, 0.1) is 13.0 Å². The van der Waals surface area contributed by atoms with Crippen LogP contribution in [0.15, 0.2) is 5.11 Å². The van der Waals surface area contributed by atoms with Crippen molar-refractivity contribution < 1.29 is 19.1 Å². The fourth-order valence-electron chi connectivity index (χ4n) is 3.03. The average Bonchev–Trinajstić information content (AvgIpc) is 2.71. The van der Waals surface area contributed by atoms with Gasteiger partial charge in [-0.25, -0.2) is 4.79 Å². The highest BCUT2D eigenvalue weighted by Crippen LogP contribution is 2.45.